The first-order chi connectivity index (χ1) is 7.18. The van der Waals surface area contributed by atoms with Gasteiger partial charge in [0.15, 0.2) is 0 Å². The maximum atomic E-state index is 11.0. The van der Waals surface area contributed by atoms with Crippen molar-refractivity contribution in [2.75, 3.05) is 6.54 Å². The lowest BCUT2D eigenvalue weighted by Crippen LogP contribution is -2.25. The number of hydrogen-bond donors (Lipinski definition) is 2. The Labute approximate surface area is 86.2 Å². The van der Waals surface area contributed by atoms with Crippen molar-refractivity contribution < 1.29 is 14.7 Å². The van der Waals surface area contributed by atoms with Crippen LogP contribution in [0, 0.1) is 0 Å². The van der Waals surface area contributed by atoms with Gasteiger partial charge in [0, 0.05) is 31.1 Å². The van der Waals surface area contributed by atoms with Crippen LogP contribution in [0.1, 0.15) is 0 Å². The number of aliphatic carboxylic acids is 1. The van der Waals surface area contributed by atoms with E-state index in [2.05, 4.69) is 10.4 Å². The number of nitrogens with one attached hydrogen (secondary N) is 1. The lowest BCUT2D eigenvalue weighted by molar-refractivity contribution is -0.131. The molecular weight excluding hydrogens is 198 g/mol. The molecule has 6 heteroatoms. The fourth-order valence-electron chi connectivity index (χ4n) is 0.932. The highest BCUT2D eigenvalue weighted by Crippen LogP contribution is 1.82. The van der Waals surface area contributed by atoms with Gasteiger partial charge >= 0.3 is 5.97 Å². The van der Waals surface area contributed by atoms with Gasteiger partial charge in [-0.1, -0.05) is 0 Å². The van der Waals surface area contributed by atoms with E-state index < -0.39 is 11.9 Å². The van der Waals surface area contributed by atoms with Gasteiger partial charge in [-0.2, -0.15) is 5.10 Å². The van der Waals surface area contributed by atoms with Crippen molar-refractivity contribution in [2.45, 2.75) is 6.54 Å². The Balaban J connectivity index is 2.20. The van der Waals surface area contributed by atoms with E-state index >= 15 is 0 Å². The van der Waals surface area contributed by atoms with Gasteiger partial charge in [0.25, 0.3) is 0 Å². The number of carbonyl (C=O) groups is 2. The van der Waals surface area contributed by atoms with Crippen molar-refractivity contribution in [3.05, 3.63) is 30.6 Å². The molecule has 1 amide bonds. The molecule has 0 atom stereocenters. The smallest absolute Gasteiger partial charge is 0.328 e. The zero-order chi connectivity index (χ0) is 11.1. The lowest BCUT2D eigenvalue weighted by atomic mass is 10.4. The standard InChI is InChI=1S/C9H11N3O3/c13-8(2-3-9(14)15)10-5-7-12-6-1-4-11-12/h1-4,6H,5,7H2,(H,10,13)(H,14,15)/b3-2+. The average Bonchev–Trinajstić information content (AvgIpc) is 2.67. The SMILES string of the molecule is O=C(O)/C=C/C(=O)NCCn1cccn1. The second-order valence-electron chi connectivity index (χ2n) is 2.73. The molecule has 0 aromatic carbocycles. The maximum absolute atomic E-state index is 11.0. The Morgan fingerprint density at radius 3 is 2.87 bits per heavy atom. The summed E-state index contributed by atoms with van der Waals surface area (Å²) in [4.78, 5) is 21.1. The van der Waals surface area contributed by atoms with Crippen molar-refractivity contribution in [3.63, 3.8) is 0 Å². The topological polar surface area (TPSA) is 84.2 Å². The molecular formula is C9H11N3O3. The normalized spacial score (nSPS) is 10.4. The van der Waals surface area contributed by atoms with Crippen LogP contribution in [0.15, 0.2) is 30.6 Å². The molecule has 0 bridgehead atoms. The number of hydrogen-bond acceptors (Lipinski definition) is 3. The molecule has 0 aliphatic heterocycles. The number of rotatable bonds is 5. The molecule has 0 fully saturated rings. The first-order valence-corrected chi connectivity index (χ1v) is 4.35. The van der Waals surface area contributed by atoms with Crippen LogP contribution < -0.4 is 5.32 Å². The zero-order valence-electron chi connectivity index (χ0n) is 7.96. The molecule has 1 aromatic rings. The molecule has 6 nitrogen and oxygen atoms in total. The highest BCUT2D eigenvalue weighted by molar-refractivity contribution is 5.93. The minimum atomic E-state index is -1.14. The third kappa shape index (κ3) is 4.61. The lowest BCUT2D eigenvalue weighted by Gasteiger charge is -2.01. The second kappa shape index (κ2) is 5.58. The predicted octanol–water partition coefficient (Wildman–Crippen LogP) is -0.360. The summed E-state index contributed by atoms with van der Waals surface area (Å²) in [6.45, 7) is 0.962. The van der Waals surface area contributed by atoms with Crippen molar-refractivity contribution in [1.29, 1.82) is 0 Å². The Bertz CT molecular complexity index is 357. The van der Waals surface area contributed by atoms with Gasteiger partial charge in [-0.15, -0.1) is 0 Å². The summed E-state index contributed by atoms with van der Waals surface area (Å²) in [5.74, 6) is -1.57. The van der Waals surface area contributed by atoms with Crippen molar-refractivity contribution in [2.24, 2.45) is 0 Å². The van der Waals surface area contributed by atoms with Crippen molar-refractivity contribution >= 4 is 11.9 Å². The summed E-state index contributed by atoms with van der Waals surface area (Å²) < 4.78 is 1.67. The second-order valence-corrected chi connectivity index (χ2v) is 2.73. The Kier molecular flexibility index (Phi) is 4.08. The molecule has 0 spiro atoms. The van der Waals surface area contributed by atoms with Gasteiger partial charge in [0.05, 0.1) is 6.54 Å². The third-order valence-electron chi connectivity index (χ3n) is 1.58. The minimum Gasteiger partial charge on any atom is -0.478 e. The third-order valence-corrected chi connectivity index (χ3v) is 1.58. The van der Waals surface area contributed by atoms with Gasteiger partial charge in [0.1, 0.15) is 0 Å². The Morgan fingerprint density at radius 2 is 2.27 bits per heavy atom. The summed E-state index contributed by atoms with van der Waals surface area (Å²) in [7, 11) is 0. The van der Waals surface area contributed by atoms with Gasteiger partial charge < -0.3 is 10.4 Å². The van der Waals surface area contributed by atoms with Crippen LogP contribution in [0.2, 0.25) is 0 Å². The van der Waals surface area contributed by atoms with Gasteiger partial charge in [0.2, 0.25) is 5.91 Å². The fraction of sp³-hybridized carbons (Fsp3) is 0.222. The zero-order valence-corrected chi connectivity index (χ0v) is 7.96. The van der Waals surface area contributed by atoms with Crippen LogP contribution >= 0.6 is 0 Å². The van der Waals surface area contributed by atoms with Crippen LogP contribution in [0.4, 0.5) is 0 Å². The summed E-state index contributed by atoms with van der Waals surface area (Å²) >= 11 is 0. The number of aromatic nitrogens is 2. The molecule has 80 valence electrons. The van der Waals surface area contributed by atoms with E-state index in [9.17, 15) is 9.59 Å². The summed E-state index contributed by atoms with van der Waals surface area (Å²) in [5, 5.41) is 14.7. The molecule has 2 N–H and O–H groups in total. The summed E-state index contributed by atoms with van der Waals surface area (Å²) in [6, 6.07) is 1.78. The monoisotopic (exact) mass is 209 g/mol. The van der Waals surface area contributed by atoms with Crippen LogP contribution in [0.5, 0.6) is 0 Å². The highest BCUT2D eigenvalue weighted by Gasteiger charge is 1.96. The van der Waals surface area contributed by atoms with Gasteiger partial charge in [-0.25, -0.2) is 4.79 Å². The minimum absolute atomic E-state index is 0.407. The van der Waals surface area contributed by atoms with E-state index in [1.807, 2.05) is 0 Å². The fourth-order valence-corrected chi connectivity index (χ4v) is 0.932. The van der Waals surface area contributed by atoms with E-state index in [1.165, 1.54) is 0 Å². The molecule has 0 aliphatic carbocycles. The van der Waals surface area contributed by atoms with E-state index in [0.717, 1.165) is 12.2 Å². The molecule has 0 aliphatic rings. The number of carboxylic acid groups (broad SMARTS) is 1. The van der Waals surface area contributed by atoms with E-state index in [-0.39, 0.29) is 0 Å². The molecule has 1 heterocycles. The molecule has 0 saturated carbocycles. The largest absolute Gasteiger partial charge is 0.478 e. The molecule has 1 aromatic heterocycles. The average molecular weight is 209 g/mol. The first-order valence-electron chi connectivity index (χ1n) is 4.35. The first kappa shape index (κ1) is 11.0. The van der Waals surface area contributed by atoms with Crippen LogP contribution in [-0.4, -0.2) is 33.3 Å². The quantitative estimate of drug-likeness (QED) is 0.648. The van der Waals surface area contributed by atoms with Crippen molar-refractivity contribution in [3.8, 4) is 0 Å². The van der Waals surface area contributed by atoms with Gasteiger partial charge in [-0.05, 0) is 6.07 Å². The van der Waals surface area contributed by atoms with Crippen molar-refractivity contribution in [1.82, 2.24) is 15.1 Å². The molecule has 0 unspecified atom stereocenters. The van der Waals surface area contributed by atoms with Gasteiger partial charge in [-0.3, -0.25) is 9.48 Å². The number of carboxylic acids is 1. The Morgan fingerprint density at radius 1 is 1.47 bits per heavy atom. The van der Waals surface area contributed by atoms with Crippen LogP contribution in [0.25, 0.3) is 0 Å². The predicted molar refractivity (Wildman–Crippen MR) is 52.0 cm³/mol. The molecule has 0 saturated heterocycles. The van der Waals surface area contributed by atoms with Crippen LogP contribution in [-0.2, 0) is 16.1 Å². The van der Waals surface area contributed by atoms with E-state index in [4.69, 9.17) is 5.11 Å². The molecule has 15 heavy (non-hydrogen) atoms. The number of carbonyl (C=O) groups excluding carboxylic acids is 1. The van der Waals surface area contributed by atoms with Crippen LogP contribution in [0.3, 0.4) is 0 Å². The molecule has 1 rings (SSSR count). The molecule has 0 radical (unpaired) electrons. The summed E-state index contributed by atoms with van der Waals surface area (Å²) in [5.41, 5.74) is 0. The van der Waals surface area contributed by atoms with E-state index in [1.54, 1.807) is 23.1 Å². The maximum Gasteiger partial charge on any atom is 0.328 e. The van der Waals surface area contributed by atoms with E-state index in [0.29, 0.717) is 13.1 Å². The summed E-state index contributed by atoms with van der Waals surface area (Å²) in [6.07, 6.45) is 5.19. The Hall–Kier alpha value is -2.11. The number of nitrogens with zero attached hydrogens (tertiary/aromatic N) is 2. The highest BCUT2D eigenvalue weighted by atomic mass is 16.4. The number of amides is 1.